The quantitative estimate of drug-likeness (QED) is 0.623. The van der Waals surface area contributed by atoms with Gasteiger partial charge in [-0.2, -0.15) is 0 Å². The SMILES string of the molecule is CC(C)c1ccccc1NC(=O)c1ccnc(NCc2ccc(Cl)cc2)n1. The van der Waals surface area contributed by atoms with Crippen molar-refractivity contribution < 1.29 is 4.79 Å². The Morgan fingerprint density at radius 2 is 1.81 bits per heavy atom. The summed E-state index contributed by atoms with van der Waals surface area (Å²) < 4.78 is 0. The zero-order valence-electron chi connectivity index (χ0n) is 15.2. The van der Waals surface area contributed by atoms with Gasteiger partial charge in [0.1, 0.15) is 5.69 Å². The van der Waals surface area contributed by atoms with Crippen LogP contribution in [0.2, 0.25) is 5.02 Å². The highest BCUT2D eigenvalue weighted by Gasteiger charge is 2.12. The first kappa shape index (κ1) is 18.9. The number of anilines is 2. The van der Waals surface area contributed by atoms with Crippen molar-refractivity contribution in [3.63, 3.8) is 0 Å². The minimum atomic E-state index is -0.264. The van der Waals surface area contributed by atoms with Crippen LogP contribution in [0.25, 0.3) is 0 Å². The second-order valence-corrected chi connectivity index (χ2v) is 6.88. The molecule has 0 bridgehead atoms. The number of nitrogens with zero attached hydrogens (tertiary/aromatic N) is 2. The van der Waals surface area contributed by atoms with Crippen molar-refractivity contribution in [2.75, 3.05) is 10.6 Å². The number of halogens is 1. The number of benzene rings is 2. The molecule has 6 heteroatoms. The molecule has 1 aromatic heterocycles. The maximum atomic E-state index is 12.6. The molecule has 0 radical (unpaired) electrons. The molecule has 3 aromatic rings. The van der Waals surface area contributed by atoms with E-state index in [-0.39, 0.29) is 5.91 Å². The number of rotatable bonds is 6. The lowest BCUT2D eigenvalue weighted by atomic mass is 10.0. The summed E-state index contributed by atoms with van der Waals surface area (Å²) in [5.74, 6) is 0.443. The molecule has 0 saturated carbocycles. The van der Waals surface area contributed by atoms with E-state index in [4.69, 9.17) is 11.6 Å². The first-order valence-corrected chi connectivity index (χ1v) is 9.12. The lowest BCUT2D eigenvalue weighted by Gasteiger charge is -2.13. The predicted octanol–water partition coefficient (Wildman–Crippen LogP) is 5.12. The Morgan fingerprint density at radius 3 is 2.56 bits per heavy atom. The summed E-state index contributed by atoms with van der Waals surface area (Å²) >= 11 is 5.89. The van der Waals surface area contributed by atoms with Crippen LogP contribution in [0.3, 0.4) is 0 Å². The monoisotopic (exact) mass is 380 g/mol. The second-order valence-electron chi connectivity index (χ2n) is 6.44. The normalized spacial score (nSPS) is 10.7. The number of aromatic nitrogens is 2. The highest BCUT2D eigenvalue weighted by molar-refractivity contribution is 6.30. The molecule has 0 saturated heterocycles. The van der Waals surface area contributed by atoms with Crippen molar-refractivity contribution >= 4 is 29.1 Å². The molecule has 138 valence electrons. The fourth-order valence-corrected chi connectivity index (χ4v) is 2.78. The van der Waals surface area contributed by atoms with E-state index in [1.165, 1.54) is 0 Å². The van der Waals surface area contributed by atoms with Crippen molar-refractivity contribution in [3.8, 4) is 0 Å². The third kappa shape index (κ3) is 5.05. The Morgan fingerprint density at radius 1 is 1.07 bits per heavy atom. The minimum Gasteiger partial charge on any atom is -0.350 e. The van der Waals surface area contributed by atoms with Crippen molar-refractivity contribution in [1.29, 1.82) is 0 Å². The smallest absolute Gasteiger partial charge is 0.274 e. The van der Waals surface area contributed by atoms with E-state index in [0.717, 1.165) is 16.8 Å². The molecular weight excluding hydrogens is 360 g/mol. The number of nitrogens with one attached hydrogen (secondary N) is 2. The summed E-state index contributed by atoms with van der Waals surface area (Å²) in [6.07, 6.45) is 1.57. The molecule has 5 nitrogen and oxygen atoms in total. The van der Waals surface area contributed by atoms with Gasteiger partial charge in [0.2, 0.25) is 5.95 Å². The third-order valence-electron chi connectivity index (χ3n) is 4.08. The lowest BCUT2D eigenvalue weighted by molar-refractivity contribution is 0.102. The molecule has 0 aliphatic carbocycles. The van der Waals surface area contributed by atoms with Crippen molar-refractivity contribution in [1.82, 2.24) is 9.97 Å². The molecule has 0 unspecified atom stereocenters. The van der Waals surface area contributed by atoms with Gasteiger partial charge in [0.05, 0.1) is 0 Å². The van der Waals surface area contributed by atoms with E-state index in [2.05, 4.69) is 34.4 Å². The first-order chi connectivity index (χ1) is 13.0. The van der Waals surface area contributed by atoms with E-state index in [0.29, 0.717) is 29.1 Å². The second kappa shape index (κ2) is 8.64. The summed E-state index contributed by atoms with van der Waals surface area (Å²) in [4.78, 5) is 21.1. The predicted molar refractivity (Wildman–Crippen MR) is 109 cm³/mol. The Hall–Kier alpha value is -2.92. The highest BCUT2D eigenvalue weighted by atomic mass is 35.5. The topological polar surface area (TPSA) is 66.9 Å². The Labute approximate surface area is 163 Å². The van der Waals surface area contributed by atoms with Gasteiger partial charge in [0.15, 0.2) is 0 Å². The molecule has 0 aliphatic rings. The molecule has 0 fully saturated rings. The Kier molecular flexibility index (Phi) is 6.04. The average molecular weight is 381 g/mol. The summed E-state index contributed by atoms with van der Waals surface area (Å²) in [5, 5.41) is 6.76. The molecule has 2 aromatic carbocycles. The van der Waals surface area contributed by atoms with Gasteiger partial charge in [-0.1, -0.05) is 55.8 Å². The zero-order valence-corrected chi connectivity index (χ0v) is 16.0. The van der Waals surface area contributed by atoms with Gasteiger partial charge in [-0.15, -0.1) is 0 Å². The zero-order chi connectivity index (χ0) is 19.2. The molecule has 0 atom stereocenters. The van der Waals surface area contributed by atoms with E-state index in [9.17, 15) is 4.79 Å². The largest absolute Gasteiger partial charge is 0.350 e. The van der Waals surface area contributed by atoms with Crippen LogP contribution in [0.4, 0.5) is 11.6 Å². The number of para-hydroxylation sites is 1. The van der Waals surface area contributed by atoms with Crippen LogP contribution in [0.15, 0.2) is 60.8 Å². The number of hydrogen-bond donors (Lipinski definition) is 2. The van der Waals surface area contributed by atoms with Crippen LogP contribution in [0, 0.1) is 0 Å². The van der Waals surface area contributed by atoms with Gasteiger partial charge in [-0.25, -0.2) is 9.97 Å². The summed E-state index contributed by atoms with van der Waals surface area (Å²) in [6, 6.07) is 16.9. The molecule has 0 spiro atoms. The summed E-state index contributed by atoms with van der Waals surface area (Å²) in [7, 11) is 0. The minimum absolute atomic E-state index is 0.264. The fraction of sp³-hybridized carbons (Fsp3) is 0.190. The van der Waals surface area contributed by atoms with E-state index < -0.39 is 0 Å². The number of carbonyl (C=O) groups excluding carboxylic acids is 1. The fourth-order valence-electron chi connectivity index (χ4n) is 2.65. The molecular formula is C21H21ClN4O. The molecule has 1 amide bonds. The Balaban J connectivity index is 1.69. The van der Waals surface area contributed by atoms with Gasteiger partial charge >= 0.3 is 0 Å². The van der Waals surface area contributed by atoms with Crippen LogP contribution in [-0.4, -0.2) is 15.9 Å². The number of amides is 1. The van der Waals surface area contributed by atoms with Gasteiger partial charge in [0, 0.05) is 23.5 Å². The molecule has 3 rings (SSSR count). The van der Waals surface area contributed by atoms with Gasteiger partial charge in [-0.3, -0.25) is 4.79 Å². The average Bonchev–Trinajstić information content (AvgIpc) is 2.68. The maximum absolute atomic E-state index is 12.6. The first-order valence-electron chi connectivity index (χ1n) is 8.74. The standard InChI is InChI=1S/C21H21ClN4O/c1-14(2)17-5-3-4-6-18(17)25-20(27)19-11-12-23-21(26-19)24-13-15-7-9-16(22)10-8-15/h3-12,14H,13H2,1-2H3,(H,25,27)(H,23,24,26). The third-order valence-corrected chi connectivity index (χ3v) is 4.34. The van der Waals surface area contributed by atoms with Gasteiger partial charge in [0.25, 0.3) is 5.91 Å². The van der Waals surface area contributed by atoms with Crippen molar-refractivity contribution in [2.45, 2.75) is 26.3 Å². The van der Waals surface area contributed by atoms with Crippen LogP contribution in [0.5, 0.6) is 0 Å². The van der Waals surface area contributed by atoms with Crippen LogP contribution in [-0.2, 0) is 6.54 Å². The molecule has 27 heavy (non-hydrogen) atoms. The van der Waals surface area contributed by atoms with Gasteiger partial charge in [-0.05, 0) is 41.3 Å². The molecule has 1 heterocycles. The van der Waals surface area contributed by atoms with Crippen LogP contribution in [0.1, 0.15) is 41.4 Å². The van der Waals surface area contributed by atoms with Crippen LogP contribution >= 0.6 is 11.6 Å². The van der Waals surface area contributed by atoms with Crippen LogP contribution < -0.4 is 10.6 Å². The Bertz CT molecular complexity index is 925. The van der Waals surface area contributed by atoms with Crippen molar-refractivity contribution in [2.24, 2.45) is 0 Å². The lowest BCUT2D eigenvalue weighted by Crippen LogP contribution is -2.16. The highest BCUT2D eigenvalue weighted by Crippen LogP contribution is 2.24. The number of hydrogen-bond acceptors (Lipinski definition) is 4. The molecule has 0 aliphatic heterocycles. The van der Waals surface area contributed by atoms with E-state index in [1.807, 2.05) is 48.5 Å². The maximum Gasteiger partial charge on any atom is 0.274 e. The van der Waals surface area contributed by atoms with Crippen molar-refractivity contribution in [3.05, 3.63) is 82.6 Å². The summed E-state index contributed by atoms with van der Waals surface area (Å²) in [5.41, 5.74) is 3.23. The van der Waals surface area contributed by atoms with Gasteiger partial charge < -0.3 is 10.6 Å². The van der Waals surface area contributed by atoms with E-state index in [1.54, 1.807) is 12.3 Å². The summed E-state index contributed by atoms with van der Waals surface area (Å²) in [6.45, 7) is 4.72. The molecule has 2 N–H and O–H groups in total. The number of carbonyl (C=O) groups is 1. The van der Waals surface area contributed by atoms with E-state index >= 15 is 0 Å².